The van der Waals surface area contributed by atoms with Crippen molar-refractivity contribution in [3.8, 4) is 0 Å². The van der Waals surface area contributed by atoms with Crippen LogP contribution in [-0.2, 0) is 17.4 Å². The highest BCUT2D eigenvalue weighted by atomic mass is 19.4. The first-order chi connectivity index (χ1) is 13.8. The maximum absolute atomic E-state index is 13.1. The molecular formula is C22H25F3N3O+. The number of fused-ring (bicyclic) bond motifs is 1. The normalized spacial score (nSPS) is 18.6. The third kappa shape index (κ3) is 3.96. The van der Waals surface area contributed by atoms with E-state index < -0.39 is 11.7 Å². The van der Waals surface area contributed by atoms with Crippen LogP contribution in [0.4, 0.5) is 24.5 Å². The summed E-state index contributed by atoms with van der Waals surface area (Å²) in [6.45, 7) is 5.37. The molecule has 2 aliphatic heterocycles. The van der Waals surface area contributed by atoms with Gasteiger partial charge in [-0.05, 0) is 43.2 Å². The molecule has 2 aromatic carbocycles. The molecule has 2 aromatic rings. The molecule has 0 bridgehead atoms. The Morgan fingerprint density at radius 3 is 2.48 bits per heavy atom. The predicted molar refractivity (Wildman–Crippen MR) is 106 cm³/mol. The Kier molecular flexibility index (Phi) is 5.25. The van der Waals surface area contributed by atoms with Crippen molar-refractivity contribution in [2.75, 3.05) is 42.5 Å². The molecule has 2 heterocycles. The van der Waals surface area contributed by atoms with E-state index in [9.17, 15) is 18.0 Å². The average molecular weight is 404 g/mol. The Labute approximate surface area is 168 Å². The van der Waals surface area contributed by atoms with Gasteiger partial charge in [-0.2, -0.15) is 13.2 Å². The molecule has 2 aliphatic rings. The zero-order valence-corrected chi connectivity index (χ0v) is 16.4. The fraction of sp³-hybridized carbons (Fsp3) is 0.409. The van der Waals surface area contributed by atoms with E-state index in [1.54, 1.807) is 6.07 Å². The molecule has 1 atom stereocenters. The lowest BCUT2D eigenvalue weighted by molar-refractivity contribution is -0.914. The summed E-state index contributed by atoms with van der Waals surface area (Å²) in [6, 6.07) is 13.3. The van der Waals surface area contributed by atoms with Gasteiger partial charge in [-0.3, -0.25) is 4.79 Å². The zero-order valence-electron chi connectivity index (χ0n) is 16.4. The highest BCUT2D eigenvalue weighted by Crippen LogP contribution is 2.31. The second-order valence-corrected chi connectivity index (χ2v) is 7.78. The van der Waals surface area contributed by atoms with Crippen molar-refractivity contribution >= 4 is 17.3 Å². The minimum atomic E-state index is -4.34. The van der Waals surface area contributed by atoms with Gasteiger partial charge in [-0.1, -0.05) is 24.3 Å². The zero-order chi connectivity index (χ0) is 20.6. The molecule has 0 aliphatic carbocycles. The number of anilines is 2. The van der Waals surface area contributed by atoms with Crippen LogP contribution in [0.5, 0.6) is 0 Å². The Morgan fingerprint density at radius 2 is 1.76 bits per heavy atom. The van der Waals surface area contributed by atoms with Crippen LogP contribution in [0, 0.1) is 0 Å². The molecule has 1 saturated heterocycles. The van der Waals surface area contributed by atoms with Crippen molar-refractivity contribution in [1.82, 2.24) is 0 Å². The Hall–Kier alpha value is -2.54. The molecule has 4 rings (SSSR count). The van der Waals surface area contributed by atoms with Gasteiger partial charge in [-0.15, -0.1) is 0 Å². The Morgan fingerprint density at radius 1 is 1.03 bits per heavy atom. The molecule has 0 aromatic heterocycles. The third-order valence-corrected chi connectivity index (χ3v) is 6.08. The second kappa shape index (κ2) is 7.71. The van der Waals surface area contributed by atoms with E-state index in [4.69, 9.17) is 0 Å². The Bertz CT molecular complexity index is 891. The van der Waals surface area contributed by atoms with Gasteiger partial charge in [0.2, 0.25) is 0 Å². The van der Waals surface area contributed by atoms with Crippen LogP contribution < -0.4 is 14.7 Å². The first-order valence-corrected chi connectivity index (χ1v) is 10.0. The number of quaternary nitrogens is 1. The molecule has 1 fully saturated rings. The highest BCUT2D eigenvalue weighted by molar-refractivity contribution is 5.97. The fourth-order valence-electron chi connectivity index (χ4n) is 4.34. The molecular weight excluding hydrogens is 379 g/mol. The number of nitrogens with zero attached hydrogens (tertiary/aromatic N) is 2. The maximum atomic E-state index is 13.1. The first kappa shape index (κ1) is 19.8. The van der Waals surface area contributed by atoms with E-state index in [0.29, 0.717) is 25.3 Å². The number of nitrogens with one attached hydrogen (secondary N) is 1. The van der Waals surface area contributed by atoms with Gasteiger partial charge >= 0.3 is 6.18 Å². The smallest absolute Gasteiger partial charge is 0.360 e. The maximum Gasteiger partial charge on any atom is 0.416 e. The lowest BCUT2D eigenvalue weighted by Crippen LogP contribution is -3.19. The summed E-state index contributed by atoms with van der Waals surface area (Å²) in [7, 11) is 0. The van der Waals surface area contributed by atoms with E-state index in [1.807, 2.05) is 34.9 Å². The van der Waals surface area contributed by atoms with E-state index >= 15 is 0 Å². The summed E-state index contributed by atoms with van der Waals surface area (Å²) in [5.74, 6) is 0.123. The van der Waals surface area contributed by atoms with Crippen LogP contribution >= 0.6 is 0 Å². The summed E-state index contributed by atoms with van der Waals surface area (Å²) in [6.07, 6.45) is -3.46. The van der Waals surface area contributed by atoms with E-state index in [1.165, 1.54) is 22.6 Å². The van der Waals surface area contributed by atoms with Gasteiger partial charge in [0.05, 0.1) is 31.7 Å². The van der Waals surface area contributed by atoms with Gasteiger partial charge in [0.15, 0.2) is 6.04 Å². The molecule has 0 unspecified atom stereocenters. The molecule has 29 heavy (non-hydrogen) atoms. The van der Waals surface area contributed by atoms with Gasteiger partial charge < -0.3 is 14.7 Å². The topological polar surface area (TPSA) is 28.0 Å². The predicted octanol–water partition coefficient (Wildman–Crippen LogP) is 2.39. The van der Waals surface area contributed by atoms with Crippen molar-refractivity contribution in [3.05, 3.63) is 59.7 Å². The van der Waals surface area contributed by atoms with E-state index in [2.05, 4.69) is 6.07 Å². The number of benzene rings is 2. The minimum absolute atomic E-state index is 0.123. The number of amides is 1. The standard InChI is InChI=1S/C22H24F3N3O/c1-16(21(29)28-10-9-17-5-2-3-8-20(17)28)26-11-13-27(14-12-26)19-7-4-6-18(15-19)22(23,24)25/h2-8,15-16H,9-14H2,1H3/p+1/t16-/m0/s1. The van der Waals surface area contributed by atoms with E-state index in [-0.39, 0.29) is 11.9 Å². The molecule has 1 amide bonds. The van der Waals surface area contributed by atoms with Crippen LogP contribution in [0.1, 0.15) is 18.1 Å². The largest absolute Gasteiger partial charge is 0.416 e. The van der Waals surface area contributed by atoms with Crippen LogP contribution in [-0.4, -0.2) is 44.7 Å². The number of carbonyl (C=O) groups excluding carboxylic acids is 1. The van der Waals surface area contributed by atoms with Crippen LogP contribution in [0.3, 0.4) is 0 Å². The van der Waals surface area contributed by atoms with Crippen LogP contribution in [0.25, 0.3) is 0 Å². The second-order valence-electron chi connectivity index (χ2n) is 7.78. The van der Waals surface area contributed by atoms with Gasteiger partial charge in [0, 0.05) is 17.9 Å². The molecule has 7 heteroatoms. The third-order valence-electron chi connectivity index (χ3n) is 6.08. The number of alkyl halides is 3. The summed E-state index contributed by atoms with van der Waals surface area (Å²) >= 11 is 0. The quantitative estimate of drug-likeness (QED) is 0.851. The molecule has 0 radical (unpaired) electrons. The van der Waals surface area contributed by atoms with Crippen molar-refractivity contribution in [1.29, 1.82) is 0 Å². The van der Waals surface area contributed by atoms with Crippen LogP contribution in [0.15, 0.2) is 48.5 Å². The number of para-hydroxylation sites is 1. The number of hydrogen-bond donors (Lipinski definition) is 1. The molecule has 4 nitrogen and oxygen atoms in total. The summed E-state index contributed by atoms with van der Waals surface area (Å²) in [5, 5.41) is 0. The number of rotatable bonds is 3. The first-order valence-electron chi connectivity index (χ1n) is 10.0. The van der Waals surface area contributed by atoms with Gasteiger partial charge in [-0.25, -0.2) is 0 Å². The van der Waals surface area contributed by atoms with Crippen molar-refractivity contribution < 1.29 is 22.9 Å². The van der Waals surface area contributed by atoms with Gasteiger partial charge in [0.1, 0.15) is 0 Å². The van der Waals surface area contributed by atoms with E-state index in [0.717, 1.165) is 31.3 Å². The fourth-order valence-corrected chi connectivity index (χ4v) is 4.34. The lowest BCUT2D eigenvalue weighted by atomic mass is 10.1. The van der Waals surface area contributed by atoms with Crippen molar-refractivity contribution in [2.24, 2.45) is 0 Å². The van der Waals surface area contributed by atoms with Crippen LogP contribution in [0.2, 0.25) is 0 Å². The SMILES string of the molecule is C[C@@H](C(=O)N1CCc2ccccc21)[NH+]1CCN(c2cccc(C(F)(F)F)c2)CC1. The summed E-state index contributed by atoms with van der Waals surface area (Å²) in [4.78, 5) is 18.1. The number of piperazine rings is 1. The number of carbonyl (C=O) groups is 1. The summed E-state index contributed by atoms with van der Waals surface area (Å²) in [5.41, 5.74) is 2.18. The molecule has 0 spiro atoms. The Balaban J connectivity index is 1.39. The molecule has 0 saturated carbocycles. The average Bonchev–Trinajstić information content (AvgIpc) is 3.16. The summed E-state index contributed by atoms with van der Waals surface area (Å²) < 4.78 is 38.9. The number of hydrogen-bond acceptors (Lipinski definition) is 2. The van der Waals surface area contributed by atoms with Gasteiger partial charge in [0.25, 0.3) is 5.91 Å². The van der Waals surface area contributed by atoms with Crippen molar-refractivity contribution in [3.63, 3.8) is 0 Å². The highest BCUT2D eigenvalue weighted by Gasteiger charge is 2.35. The molecule has 154 valence electrons. The number of halogens is 3. The lowest BCUT2D eigenvalue weighted by Gasteiger charge is -2.37. The van der Waals surface area contributed by atoms with Crippen molar-refractivity contribution in [2.45, 2.75) is 25.6 Å². The molecule has 1 N–H and O–H groups in total. The minimum Gasteiger partial charge on any atom is -0.360 e. The monoisotopic (exact) mass is 404 g/mol.